The molecular weight excluding hydrogens is 921 g/mol. The number of hydrogen-bond donors (Lipinski definition) is 5. The topological polar surface area (TPSA) is 145 Å². The van der Waals surface area contributed by atoms with Gasteiger partial charge in [0.2, 0.25) is 11.8 Å². The molecule has 9 heteroatoms. The first-order chi connectivity index (χ1) is 34.2. The SMILES string of the molecule is CCCCCCCCOC(=O)CCc1cc(C(C)(C)C)c(O)c(C(C)(C)CCC(C)(C)c2cc(CCC(=O)NCCCCCCNC(=O)CCc3cc(C(C)(C)C)c(O)c(C(C)(C)C)c3)cc(C(C)(C)C)c2O)c1. The van der Waals surface area contributed by atoms with Crippen LogP contribution in [0.4, 0.5) is 0 Å². The lowest BCUT2D eigenvalue weighted by Crippen LogP contribution is -2.27. The summed E-state index contributed by atoms with van der Waals surface area (Å²) in [5.74, 6) is 0.810. The summed E-state index contributed by atoms with van der Waals surface area (Å²) in [6.45, 7) is 37.8. The fourth-order valence-corrected chi connectivity index (χ4v) is 9.87. The molecule has 74 heavy (non-hydrogen) atoms. The zero-order chi connectivity index (χ0) is 55.9. The van der Waals surface area contributed by atoms with Gasteiger partial charge in [0.15, 0.2) is 0 Å². The zero-order valence-corrected chi connectivity index (χ0v) is 49.8. The lowest BCUT2D eigenvalue weighted by molar-refractivity contribution is -0.143. The van der Waals surface area contributed by atoms with Crippen molar-refractivity contribution in [3.8, 4) is 17.2 Å². The number of phenols is 3. The molecule has 0 spiro atoms. The Bertz CT molecular complexity index is 2260. The van der Waals surface area contributed by atoms with Gasteiger partial charge in [0.05, 0.1) is 6.61 Å². The Morgan fingerprint density at radius 3 is 1.07 bits per heavy atom. The van der Waals surface area contributed by atoms with Gasteiger partial charge in [-0.25, -0.2) is 0 Å². The van der Waals surface area contributed by atoms with Crippen molar-refractivity contribution >= 4 is 17.8 Å². The maximum atomic E-state index is 13.2. The number of esters is 1. The standard InChI is InChI=1S/C65H104N2O7/c1-18-19-20-21-24-27-38-74-56(70)33-30-47-42-51(63(11,12)13)59(73)53(44-47)65(16,17)35-34-64(14,15)52-43-46(41-50(58(52)72)62(8,9)10)29-32-55(69)67-37-26-23-22-25-36-66-54(68)31-28-45-39-48(60(2,3)4)57(71)49(40-45)61(5,6)7/h39-44,71-73H,18-38H2,1-17H3,(H,66,68)(H,67,69). The molecule has 0 aliphatic carbocycles. The van der Waals surface area contributed by atoms with Crippen molar-refractivity contribution in [3.63, 3.8) is 0 Å². The molecule has 0 radical (unpaired) electrons. The second kappa shape index (κ2) is 27.5. The highest BCUT2D eigenvalue weighted by atomic mass is 16.5. The van der Waals surface area contributed by atoms with Crippen LogP contribution in [0.25, 0.3) is 0 Å². The Balaban J connectivity index is 1.56. The first kappa shape index (κ1) is 63.8. The van der Waals surface area contributed by atoms with Crippen LogP contribution in [0.5, 0.6) is 17.2 Å². The van der Waals surface area contributed by atoms with Gasteiger partial charge in [-0.1, -0.05) is 199 Å². The van der Waals surface area contributed by atoms with Crippen LogP contribution in [0.1, 0.15) is 264 Å². The van der Waals surface area contributed by atoms with Crippen molar-refractivity contribution in [3.05, 3.63) is 86.5 Å². The van der Waals surface area contributed by atoms with Gasteiger partial charge in [-0.3, -0.25) is 14.4 Å². The molecule has 2 amide bonds. The van der Waals surface area contributed by atoms with E-state index in [1.807, 2.05) is 12.1 Å². The molecule has 416 valence electrons. The summed E-state index contributed by atoms with van der Waals surface area (Å²) in [6.07, 6.45) is 14.7. The van der Waals surface area contributed by atoms with E-state index in [0.717, 1.165) is 101 Å². The van der Waals surface area contributed by atoms with Gasteiger partial charge in [0, 0.05) is 43.5 Å². The Kier molecular flexibility index (Phi) is 23.7. The van der Waals surface area contributed by atoms with Gasteiger partial charge in [-0.2, -0.15) is 0 Å². The van der Waals surface area contributed by atoms with Crippen LogP contribution in [0, 0.1) is 0 Å². The molecule has 5 N–H and O–H groups in total. The molecule has 0 bridgehead atoms. The fraction of sp³-hybridized carbons (Fsp3) is 0.677. The molecule has 3 rings (SSSR count). The third-order valence-corrected chi connectivity index (χ3v) is 15.0. The van der Waals surface area contributed by atoms with Gasteiger partial charge >= 0.3 is 5.97 Å². The van der Waals surface area contributed by atoms with Crippen molar-refractivity contribution in [1.82, 2.24) is 10.6 Å². The number of nitrogens with one attached hydrogen (secondary N) is 2. The number of rotatable bonds is 28. The summed E-state index contributed by atoms with van der Waals surface area (Å²) in [7, 11) is 0. The fourth-order valence-electron chi connectivity index (χ4n) is 9.87. The van der Waals surface area contributed by atoms with Gasteiger partial charge in [0.1, 0.15) is 17.2 Å². The van der Waals surface area contributed by atoms with E-state index in [-0.39, 0.29) is 45.9 Å². The van der Waals surface area contributed by atoms with Crippen molar-refractivity contribution in [2.24, 2.45) is 0 Å². The number of benzene rings is 3. The Hall–Kier alpha value is -4.53. The third kappa shape index (κ3) is 20.2. The quantitative estimate of drug-likeness (QED) is 0.0360. The molecule has 3 aromatic carbocycles. The largest absolute Gasteiger partial charge is 0.507 e. The van der Waals surface area contributed by atoms with Gasteiger partial charge in [-0.05, 0) is 123 Å². The number of phenolic OH excluding ortho intramolecular Hbond substituents is 3. The number of amides is 2. The summed E-state index contributed by atoms with van der Waals surface area (Å²) in [4.78, 5) is 38.7. The van der Waals surface area contributed by atoms with E-state index in [2.05, 4.69) is 153 Å². The summed E-state index contributed by atoms with van der Waals surface area (Å²) in [6, 6.07) is 12.4. The van der Waals surface area contributed by atoms with Crippen LogP contribution in [-0.4, -0.2) is 52.8 Å². The van der Waals surface area contributed by atoms with E-state index in [0.29, 0.717) is 69.0 Å². The average molecular weight is 1030 g/mol. The van der Waals surface area contributed by atoms with E-state index in [4.69, 9.17) is 4.74 Å². The number of carbonyl (C=O) groups is 3. The van der Waals surface area contributed by atoms with E-state index < -0.39 is 10.8 Å². The lowest BCUT2D eigenvalue weighted by atomic mass is 9.69. The summed E-state index contributed by atoms with van der Waals surface area (Å²) in [5.41, 5.74) is 6.43. The first-order valence-electron chi connectivity index (χ1n) is 28.5. The molecular formula is C65H104N2O7. The predicted octanol–water partition coefficient (Wildman–Crippen LogP) is 15.2. The molecule has 0 saturated heterocycles. The molecule has 0 aliphatic heterocycles. The molecule has 3 aromatic rings. The molecule has 0 unspecified atom stereocenters. The highest BCUT2D eigenvalue weighted by molar-refractivity contribution is 5.76. The number of hydrogen-bond acceptors (Lipinski definition) is 7. The maximum Gasteiger partial charge on any atom is 0.306 e. The Morgan fingerprint density at radius 2 is 0.716 bits per heavy atom. The summed E-state index contributed by atoms with van der Waals surface area (Å²) in [5, 5.41) is 41.0. The minimum atomic E-state index is -0.441. The number of aromatic hydroxyl groups is 3. The molecule has 9 nitrogen and oxygen atoms in total. The molecule has 0 heterocycles. The van der Waals surface area contributed by atoms with Gasteiger partial charge < -0.3 is 30.7 Å². The number of ether oxygens (including phenoxy) is 1. The second-order valence-electron chi connectivity index (χ2n) is 27.0. The van der Waals surface area contributed by atoms with Crippen LogP contribution in [0.3, 0.4) is 0 Å². The number of unbranched alkanes of at least 4 members (excludes halogenated alkanes) is 8. The van der Waals surface area contributed by atoms with E-state index in [1.54, 1.807) is 0 Å². The van der Waals surface area contributed by atoms with E-state index >= 15 is 0 Å². The second-order valence-corrected chi connectivity index (χ2v) is 27.0. The van der Waals surface area contributed by atoms with Gasteiger partial charge in [0.25, 0.3) is 0 Å². The van der Waals surface area contributed by atoms with Crippen LogP contribution in [0.15, 0.2) is 36.4 Å². The van der Waals surface area contributed by atoms with Crippen LogP contribution in [0.2, 0.25) is 0 Å². The Morgan fingerprint density at radius 1 is 0.419 bits per heavy atom. The van der Waals surface area contributed by atoms with E-state index in [9.17, 15) is 29.7 Å². The van der Waals surface area contributed by atoms with Crippen molar-refractivity contribution in [1.29, 1.82) is 0 Å². The highest BCUT2D eigenvalue weighted by Crippen LogP contribution is 2.47. The van der Waals surface area contributed by atoms with Crippen molar-refractivity contribution in [2.75, 3.05) is 19.7 Å². The number of aryl methyl sites for hydroxylation is 3. The molecule has 0 aromatic heterocycles. The average Bonchev–Trinajstić information content (AvgIpc) is 3.28. The number of carbonyl (C=O) groups excluding carboxylic acids is 3. The highest BCUT2D eigenvalue weighted by Gasteiger charge is 2.35. The minimum absolute atomic E-state index is 0.00444. The van der Waals surface area contributed by atoms with Gasteiger partial charge in [-0.15, -0.1) is 0 Å². The van der Waals surface area contributed by atoms with Crippen LogP contribution in [-0.2, 0) is 70.9 Å². The molecule has 0 fully saturated rings. The van der Waals surface area contributed by atoms with Crippen LogP contribution >= 0.6 is 0 Å². The molecule has 0 saturated carbocycles. The van der Waals surface area contributed by atoms with E-state index in [1.165, 1.54) is 25.7 Å². The third-order valence-electron chi connectivity index (χ3n) is 15.0. The summed E-state index contributed by atoms with van der Waals surface area (Å²) >= 11 is 0. The zero-order valence-electron chi connectivity index (χ0n) is 49.8. The lowest BCUT2D eigenvalue weighted by Gasteiger charge is -2.35. The molecule has 0 atom stereocenters. The van der Waals surface area contributed by atoms with Crippen molar-refractivity contribution < 1.29 is 34.4 Å². The normalized spacial score (nSPS) is 12.8. The monoisotopic (exact) mass is 1020 g/mol. The predicted molar refractivity (Wildman–Crippen MR) is 308 cm³/mol. The Labute approximate surface area is 450 Å². The maximum absolute atomic E-state index is 13.2. The van der Waals surface area contributed by atoms with Crippen LogP contribution < -0.4 is 10.6 Å². The first-order valence-corrected chi connectivity index (χ1v) is 28.5. The minimum Gasteiger partial charge on any atom is -0.507 e. The summed E-state index contributed by atoms with van der Waals surface area (Å²) < 4.78 is 5.61. The van der Waals surface area contributed by atoms with Crippen molar-refractivity contribution in [2.45, 2.75) is 266 Å². The smallest absolute Gasteiger partial charge is 0.306 e. The molecule has 0 aliphatic rings.